The Hall–Kier alpha value is -0.580. The van der Waals surface area contributed by atoms with Gasteiger partial charge < -0.3 is 15.2 Å². The number of halogens is 1. The topological polar surface area (TPSA) is 41.5 Å². The van der Waals surface area contributed by atoms with Crippen LogP contribution in [-0.2, 0) is 4.74 Å². The van der Waals surface area contributed by atoms with Gasteiger partial charge in [-0.25, -0.2) is 0 Å². The third-order valence-corrected chi connectivity index (χ3v) is 3.93. The summed E-state index contributed by atoms with van der Waals surface area (Å²) in [6, 6.07) is 4.20. The van der Waals surface area contributed by atoms with Crippen LogP contribution < -0.4 is 5.32 Å². The van der Waals surface area contributed by atoms with Gasteiger partial charge >= 0.3 is 0 Å². The molecule has 0 aromatic heterocycles. The van der Waals surface area contributed by atoms with Crippen LogP contribution in [0.2, 0.25) is 0 Å². The minimum Gasteiger partial charge on any atom is -0.389 e. The summed E-state index contributed by atoms with van der Waals surface area (Å²) in [5.41, 5.74) is 3.45. The van der Waals surface area contributed by atoms with Gasteiger partial charge in [-0.3, -0.25) is 0 Å². The number of nitrogens with one attached hydrogen (secondary N) is 1. The standard InChI is InChI=1S/C15H22BrNO2/c1-10-5-11(2)15(14(16)6-10)17-7-13(18)9-19-8-12-3-4-12/h5-6,12-13,17-18H,3-4,7-9H2,1-2H3. The Bertz CT molecular complexity index is 409. The molecule has 0 heterocycles. The Morgan fingerprint density at radius 2 is 2.16 bits per heavy atom. The van der Waals surface area contributed by atoms with Crippen LogP contribution in [0.1, 0.15) is 24.0 Å². The SMILES string of the molecule is Cc1cc(C)c(NCC(O)COCC2CC2)c(Br)c1. The Balaban J connectivity index is 1.77. The van der Waals surface area contributed by atoms with E-state index in [-0.39, 0.29) is 0 Å². The first-order valence-corrected chi connectivity index (χ1v) is 7.62. The fourth-order valence-corrected chi connectivity index (χ4v) is 2.89. The zero-order valence-electron chi connectivity index (χ0n) is 11.6. The quantitative estimate of drug-likeness (QED) is 0.807. The van der Waals surface area contributed by atoms with Crippen molar-refractivity contribution < 1.29 is 9.84 Å². The Morgan fingerprint density at radius 1 is 1.42 bits per heavy atom. The summed E-state index contributed by atoms with van der Waals surface area (Å²) in [5, 5.41) is 13.2. The highest BCUT2D eigenvalue weighted by Gasteiger charge is 2.21. The summed E-state index contributed by atoms with van der Waals surface area (Å²) in [6.45, 7) is 5.85. The first-order chi connectivity index (χ1) is 9.06. The summed E-state index contributed by atoms with van der Waals surface area (Å²) in [6.07, 6.45) is 2.10. The first kappa shape index (κ1) is 14.8. The van der Waals surface area contributed by atoms with Crippen molar-refractivity contribution in [3.05, 3.63) is 27.7 Å². The molecule has 1 fully saturated rings. The zero-order chi connectivity index (χ0) is 13.8. The molecule has 106 valence electrons. The number of hydrogen-bond donors (Lipinski definition) is 2. The fraction of sp³-hybridized carbons (Fsp3) is 0.600. The molecule has 2 rings (SSSR count). The molecule has 2 N–H and O–H groups in total. The lowest BCUT2D eigenvalue weighted by Gasteiger charge is -2.16. The van der Waals surface area contributed by atoms with Crippen molar-refractivity contribution in [1.82, 2.24) is 0 Å². The smallest absolute Gasteiger partial charge is 0.0945 e. The van der Waals surface area contributed by atoms with E-state index in [2.05, 4.69) is 47.2 Å². The van der Waals surface area contributed by atoms with Crippen LogP contribution in [0.3, 0.4) is 0 Å². The van der Waals surface area contributed by atoms with Crippen molar-refractivity contribution in [2.75, 3.05) is 25.1 Å². The van der Waals surface area contributed by atoms with Gasteiger partial charge in [-0.1, -0.05) is 6.07 Å². The number of benzene rings is 1. The van der Waals surface area contributed by atoms with Crippen molar-refractivity contribution in [2.24, 2.45) is 5.92 Å². The summed E-state index contributed by atoms with van der Waals surface area (Å²) >= 11 is 3.55. The third-order valence-electron chi connectivity index (χ3n) is 3.31. The number of aliphatic hydroxyl groups is 1. The fourth-order valence-electron chi connectivity index (χ4n) is 2.07. The number of aryl methyl sites for hydroxylation is 2. The summed E-state index contributed by atoms with van der Waals surface area (Å²) in [7, 11) is 0. The molecular formula is C15H22BrNO2. The lowest BCUT2D eigenvalue weighted by atomic mass is 10.1. The van der Waals surface area contributed by atoms with Crippen molar-refractivity contribution in [1.29, 1.82) is 0 Å². The number of aliphatic hydroxyl groups excluding tert-OH is 1. The summed E-state index contributed by atoms with van der Waals surface area (Å²) in [4.78, 5) is 0. The van der Waals surface area contributed by atoms with Gasteiger partial charge in [0.15, 0.2) is 0 Å². The molecule has 1 aliphatic rings. The van der Waals surface area contributed by atoms with Crippen LogP contribution in [0, 0.1) is 19.8 Å². The van der Waals surface area contributed by atoms with Crippen LogP contribution in [0.15, 0.2) is 16.6 Å². The Morgan fingerprint density at radius 3 is 2.79 bits per heavy atom. The van der Waals surface area contributed by atoms with E-state index >= 15 is 0 Å². The molecule has 0 aliphatic heterocycles. The lowest BCUT2D eigenvalue weighted by Crippen LogP contribution is -2.25. The number of anilines is 1. The number of ether oxygens (including phenoxy) is 1. The second-order valence-electron chi connectivity index (χ2n) is 5.45. The van der Waals surface area contributed by atoms with Gasteiger partial charge in [0, 0.05) is 17.6 Å². The van der Waals surface area contributed by atoms with E-state index in [1.54, 1.807) is 0 Å². The molecule has 1 aromatic carbocycles. The van der Waals surface area contributed by atoms with Crippen molar-refractivity contribution >= 4 is 21.6 Å². The van der Waals surface area contributed by atoms with Crippen molar-refractivity contribution in [2.45, 2.75) is 32.8 Å². The molecular weight excluding hydrogens is 306 g/mol. The Labute approximate surface area is 123 Å². The molecule has 1 saturated carbocycles. The average Bonchev–Trinajstić information content (AvgIpc) is 3.11. The molecule has 0 amide bonds. The highest BCUT2D eigenvalue weighted by atomic mass is 79.9. The van der Waals surface area contributed by atoms with E-state index in [1.807, 2.05) is 0 Å². The van der Waals surface area contributed by atoms with Gasteiger partial charge in [-0.15, -0.1) is 0 Å². The maximum absolute atomic E-state index is 9.88. The number of rotatable bonds is 7. The number of hydrogen-bond acceptors (Lipinski definition) is 3. The maximum Gasteiger partial charge on any atom is 0.0945 e. The van der Waals surface area contributed by atoms with Crippen LogP contribution in [0.4, 0.5) is 5.69 Å². The predicted octanol–water partition coefficient (Wildman–Crippen LogP) is 3.27. The van der Waals surface area contributed by atoms with E-state index in [9.17, 15) is 5.11 Å². The van der Waals surface area contributed by atoms with Gasteiger partial charge in [0.1, 0.15) is 0 Å². The second-order valence-corrected chi connectivity index (χ2v) is 6.31. The van der Waals surface area contributed by atoms with Crippen LogP contribution >= 0.6 is 15.9 Å². The van der Waals surface area contributed by atoms with Crippen LogP contribution in [0.5, 0.6) is 0 Å². The first-order valence-electron chi connectivity index (χ1n) is 6.82. The molecule has 19 heavy (non-hydrogen) atoms. The van der Waals surface area contributed by atoms with Gasteiger partial charge in [-0.2, -0.15) is 0 Å². The van der Waals surface area contributed by atoms with E-state index in [1.165, 1.54) is 24.0 Å². The van der Waals surface area contributed by atoms with E-state index < -0.39 is 6.10 Å². The second kappa shape index (κ2) is 6.73. The largest absolute Gasteiger partial charge is 0.389 e. The molecule has 1 aliphatic carbocycles. The van der Waals surface area contributed by atoms with Crippen LogP contribution in [0.25, 0.3) is 0 Å². The molecule has 0 bridgehead atoms. The van der Waals surface area contributed by atoms with Gasteiger partial charge in [-0.05, 0) is 65.7 Å². The molecule has 1 aromatic rings. The average molecular weight is 328 g/mol. The molecule has 1 atom stereocenters. The summed E-state index contributed by atoms with van der Waals surface area (Å²) < 4.78 is 6.52. The highest BCUT2D eigenvalue weighted by Crippen LogP contribution is 2.29. The molecule has 0 spiro atoms. The van der Waals surface area contributed by atoms with Crippen molar-refractivity contribution in [3.8, 4) is 0 Å². The maximum atomic E-state index is 9.88. The minimum absolute atomic E-state index is 0.409. The van der Waals surface area contributed by atoms with Gasteiger partial charge in [0.2, 0.25) is 0 Å². The predicted molar refractivity (Wildman–Crippen MR) is 81.7 cm³/mol. The van der Waals surface area contributed by atoms with E-state index in [0.717, 1.165) is 22.7 Å². The van der Waals surface area contributed by atoms with E-state index in [4.69, 9.17) is 4.74 Å². The molecule has 4 heteroatoms. The highest BCUT2D eigenvalue weighted by molar-refractivity contribution is 9.10. The normalized spacial score (nSPS) is 16.4. The molecule has 3 nitrogen and oxygen atoms in total. The molecule has 0 radical (unpaired) electrons. The van der Waals surface area contributed by atoms with E-state index in [0.29, 0.717) is 13.2 Å². The Kier molecular flexibility index (Phi) is 5.25. The van der Waals surface area contributed by atoms with Gasteiger partial charge in [0.05, 0.1) is 18.4 Å². The lowest BCUT2D eigenvalue weighted by molar-refractivity contribution is 0.0386. The monoisotopic (exact) mass is 327 g/mol. The third kappa shape index (κ3) is 4.79. The molecule has 1 unspecified atom stereocenters. The van der Waals surface area contributed by atoms with Crippen molar-refractivity contribution in [3.63, 3.8) is 0 Å². The minimum atomic E-state index is -0.466. The zero-order valence-corrected chi connectivity index (χ0v) is 13.2. The summed E-state index contributed by atoms with van der Waals surface area (Å²) in [5.74, 6) is 0.744. The molecule has 0 saturated heterocycles. The van der Waals surface area contributed by atoms with Crippen LogP contribution in [-0.4, -0.2) is 31.0 Å². The van der Waals surface area contributed by atoms with Gasteiger partial charge in [0.25, 0.3) is 0 Å².